The molecule has 1 atom stereocenters. The van der Waals surface area contributed by atoms with E-state index in [4.69, 9.17) is 18.0 Å². The Morgan fingerprint density at radius 1 is 1.30 bits per heavy atom. The topological polar surface area (TPSA) is 115 Å². The maximum Gasteiger partial charge on any atom is 0.271 e. The second-order valence-corrected chi connectivity index (χ2v) is 10.6. The molecule has 1 unspecified atom stereocenters. The van der Waals surface area contributed by atoms with Gasteiger partial charge in [-0.1, -0.05) is 28.9 Å². The Morgan fingerprint density at radius 2 is 2.03 bits per heavy atom. The number of nitrogens with zero attached hydrogens (tertiary/aromatic N) is 4. The van der Waals surface area contributed by atoms with Gasteiger partial charge in [0.25, 0.3) is 11.6 Å². The number of non-ortho nitro benzene ring substituents is 1. The summed E-state index contributed by atoms with van der Waals surface area (Å²) in [6.45, 7) is 0.241. The van der Waals surface area contributed by atoms with Gasteiger partial charge in [-0.2, -0.15) is 9.30 Å². The molecule has 2 aromatic carbocycles. The van der Waals surface area contributed by atoms with E-state index in [1.807, 2.05) is 0 Å². The molecule has 0 bridgehead atoms. The Hall–Kier alpha value is -3.04. The van der Waals surface area contributed by atoms with Crippen molar-refractivity contribution in [1.82, 2.24) is 8.87 Å². The number of carbonyl (C=O) groups is 1. The van der Waals surface area contributed by atoms with Crippen molar-refractivity contribution >= 4 is 54.8 Å². The zero-order valence-corrected chi connectivity index (χ0v) is 19.4. The normalized spacial score (nSPS) is 17.3. The summed E-state index contributed by atoms with van der Waals surface area (Å²) in [5.74, 6) is 1.85. The van der Waals surface area contributed by atoms with E-state index in [9.17, 15) is 23.3 Å². The number of nitro benzene ring substituents is 1. The summed E-state index contributed by atoms with van der Waals surface area (Å²) in [7, 11) is -3.92. The van der Waals surface area contributed by atoms with Crippen molar-refractivity contribution in [3.05, 3.63) is 62.4 Å². The smallest absolute Gasteiger partial charge is 0.271 e. The molecule has 1 aliphatic rings. The maximum absolute atomic E-state index is 13.1. The van der Waals surface area contributed by atoms with Crippen LogP contribution in [-0.2, 0) is 21.4 Å². The maximum atomic E-state index is 13.1. The lowest BCUT2D eigenvalue weighted by atomic mass is 10.2. The van der Waals surface area contributed by atoms with Crippen LogP contribution in [0.2, 0.25) is 5.02 Å². The van der Waals surface area contributed by atoms with Crippen LogP contribution in [0, 0.1) is 22.5 Å². The summed E-state index contributed by atoms with van der Waals surface area (Å²) in [4.78, 5) is 28.2. The van der Waals surface area contributed by atoms with Gasteiger partial charge in [0.2, 0.25) is 10.0 Å². The third-order valence-corrected chi connectivity index (χ3v) is 8.47. The standard InChI is InChI=1S/C21H17ClN4O5S2/c1-2-11-24-18-13-15(26(28)29)7-10-19(18)32-21(24)23-20(27)17-4-3-12-25(17)33(30,31)16-8-5-14(22)6-9-16/h1,5-10,13,17H,3-4,11-12H2. The van der Waals surface area contributed by atoms with Crippen molar-refractivity contribution in [3.8, 4) is 12.3 Å². The average molecular weight is 505 g/mol. The molecular weight excluding hydrogens is 488 g/mol. The van der Waals surface area contributed by atoms with Gasteiger partial charge in [0.05, 0.1) is 26.6 Å². The number of nitro groups is 1. The highest BCUT2D eigenvalue weighted by atomic mass is 35.5. The molecule has 1 amide bonds. The highest BCUT2D eigenvalue weighted by molar-refractivity contribution is 7.89. The third-order valence-electron chi connectivity index (χ3n) is 5.24. The molecule has 4 rings (SSSR count). The van der Waals surface area contributed by atoms with Crippen molar-refractivity contribution in [1.29, 1.82) is 0 Å². The Morgan fingerprint density at radius 3 is 2.70 bits per heavy atom. The van der Waals surface area contributed by atoms with E-state index in [-0.39, 0.29) is 28.5 Å². The van der Waals surface area contributed by atoms with Crippen LogP contribution in [0.5, 0.6) is 0 Å². The molecule has 0 N–H and O–H groups in total. The predicted molar refractivity (Wildman–Crippen MR) is 124 cm³/mol. The fourth-order valence-electron chi connectivity index (χ4n) is 3.69. The molecule has 3 aromatic rings. The zero-order valence-electron chi connectivity index (χ0n) is 17.0. The number of aromatic nitrogens is 1. The minimum absolute atomic E-state index is 0.0446. The highest BCUT2D eigenvalue weighted by Crippen LogP contribution is 2.28. The van der Waals surface area contributed by atoms with Gasteiger partial charge in [0.1, 0.15) is 6.04 Å². The Labute approximate surface area is 198 Å². The first-order valence-electron chi connectivity index (χ1n) is 9.79. The van der Waals surface area contributed by atoms with Gasteiger partial charge in [0.15, 0.2) is 4.80 Å². The number of carbonyl (C=O) groups excluding carboxylic acids is 1. The zero-order chi connectivity index (χ0) is 23.8. The molecule has 0 aliphatic carbocycles. The van der Waals surface area contributed by atoms with E-state index in [0.29, 0.717) is 28.1 Å². The second-order valence-electron chi connectivity index (χ2n) is 7.26. The lowest BCUT2D eigenvalue weighted by molar-refractivity contribution is -0.384. The molecule has 9 nitrogen and oxygen atoms in total. The summed E-state index contributed by atoms with van der Waals surface area (Å²) in [6, 6.07) is 9.10. The van der Waals surface area contributed by atoms with Gasteiger partial charge in [-0.15, -0.1) is 6.42 Å². The van der Waals surface area contributed by atoms with Gasteiger partial charge < -0.3 is 4.57 Å². The summed E-state index contributed by atoms with van der Waals surface area (Å²) in [5.41, 5.74) is 0.371. The number of sulfonamides is 1. The van der Waals surface area contributed by atoms with Crippen LogP contribution in [0.25, 0.3) is 10.2 Å². The molecular formula is C21H17ClN4O5S2. The fraction of sp³-hybridized carbons (Fsp3) is 0.238. The van der Waals surface area contributed by atoms with Gasteiger partial charge in [-0.05, 0) is 43.2 Å². The SMILES string of the molecule is C#CCn1c(=NC(=O)C2CCCN2S(=O)(=O)c2ccc(Cl)cc2)sc2ccc([N+](=O)[O-])cc21. The summed E-state index contributed by atoms with van der Waals surface area (Å²) < 4.78 is 29.6. The Bertz CT molecular complexity index is 1470. The van der Waals surface area contributed by atoms with Crippen molar-refractivity contribution in [2.45, 2.75) is 30.3 Å². The van der Waals surface area contributed by atoms with E-state index >= 15 is 0 Å². The fourth-order valence-corrected chi connectivity index (χ4v) is 6.48. The predicted octanol–water partition coefficient (Wildman–Crippen LogP) is 3.18. The van der Waals surface area contributed by atoms with Gasteiger partial charge in [0, 0.05) is 23.7 Å². The first kappa shape index (κ1) is 23.1. The van der Waals surface area contributed by atoms with E-state index in [1.54, 1.807) is 6.07 Å². The molecule has 0 spiro atoms. The van der Waals surface area contributed by atoms with Crippen LogP contribution in [0.4, 0.5) is 5.69 Å². The molecule has 1 saturated heterocycles. The second kappa shape index (κ2) is 9.07. The lowest BCUT2D eigenvalue weighted by Crippen LogP contribution is -2.40. The molecule has 1 fully saturated rings. The number of rotatable bonds is 5. The number of benzene rings is 2. The molecule has 1 aromatic heterocycles. The van der Waals surface area contributed by atoms with Crippen LogP contribution < -0.4 is 4.80 Å². The summed E-state index contributed by atoms with van der Waals surface area (Å²) in [6.07, 6.45) is 6.31. The van der Waals surface area contributed by atoms with E-state index in [2.05, 4.69) is 10.9 Å². The van der Waals surface area contributed by atoms with Crippen LogP contribution in [-0.4, -0.2) is 40.7 Å². The van der Waals surface area contributed by atoms with E-state index < -0.39 is 26.9 Å². The molecule has 0 saturated carbocycles. The number of hydrogen-bond acceptors (Lipinski definition) is 6. The summed E-state index contributed by atoms with van der Waals surface area (Å²) in [5, 5.41) is 11.6. The Balaban J connectivity index is 1.74. The molecule has 0 radical (unpaired) electrons. The number of halogens is 1. The van der Waals surface area contributed by atoms with Crippen molar-refractivity contribution in [2.75, 3.05) is 6.54 Å². The van der Waals surface area contributed by atoms with Crippen molar-refractivity contribution < 1.29 is 18.1 Å². The quantitative estimate of drug-likeness (QED) is 0.300. The molecule has 170 valence electrons. The molecule has 1 aliphatic heterocycles. The highest BCUT2D eigenvalue weighted by Gasteiger charge is 2.39. The van der Waals surface area contributed by atoms with Gasteiger partial charge in [-0.25, -0.2) is 8.42 Å². The number of fused-ring (bicyclic) bond motifs is 1. The van der Waals surface area contributed by atoms with Gasteiger partial charge >= 0.3 is 0 Å². The molecule has 33 heavy (non-hydrogen) atoms. The first-order valence-corrected chi connectivity index (χ1v) is 12.4. The van der Waals surface area contributed by atoms with Crippen molar-refractivity contribution in [2.24, 2.45) is 4.99 Å². The lowest BCUT2D eigenvalue weighted by Gasteiger charge is -2.21. The van der Waals surface area contributed by atoms with Gasteiger partial charge in [-0.3, -0.25) is 14.9 Å². The minimum atomic E-state index is -3.92. The third kappa shape index (κ3) is 4.43. The Kier molecular flexibility index (Phi) is 6.36. The summed E-state index contributed by atoms with van der Waals surface area (Å²) >= 11 is 7.01. The number of amides is 1. The molecule has 12 heteroatoms. The van der Waals surface area contributed by atoms with E-state index in [1.165, 1.54) is 41.0 Å². The minimum Gasteiger partial charge on any atom is -0.304 e. The van der Waals surface area contributed by atoms with E-state index in [0.717, 1.165) is 15.6 Å². The van der Waals surface area contributed by atoms with Crippen molar-refractivity contribution in [3.63, 3.8) is 0 Å². The monoisotopic (exact) mass is 504 g/mol. The van der Waals surface area contributed by atoms with Crippen LogP contribution in [0.15, 0.2) is 52.4 Å². The van der Waals surface area contributed by atoms with Crippen LogP contribution in [0.1, 0.15) is 12.8 Å². The number of hydrogen-bond donors (Lipinski definition) is 0. The first-order chi connectivity index (χ1) is 15.7. The number of terminal acetylenes is 1. The van der Waals surface area contributed by atoms with Crippen LogP contribution in [0.3, 0.4) is 0 Å². The van der Waals surface area contributed by atoms with Crippen LogP contribution >= 0.6 is 22.9 Å². The average Bonchev–Trinajstić information content (AvgIpc) is 3.40. The molecule has 2 heterocycles. The number of thiazole rings is 1. The largest absolute Gasteiger partial charge is 0.304 e.